The Morgan fingerprint density at radius 3 is 2.38 bits per heavy atom. The van der Waals surface area contributed by atoms with Gasteiger partial charge in [0.15, 0.2) is 5.11 Å². The monoisotopic (exact) mass is 448 g/mol. The first-order valence-electron chi connectivity index (χ1n) is 10.8. The number of thiocarbonyl (C=S) groups is 1. The lowest BCUT2D eigenvalue weighted by molar-refractivity contribution is 0.0977. The number of anilines is 1. The predicted octanol–water partition coefficient (Wildman–Crippen LogP) is 5.61. The largest absolute Gasteiger partial charge is 0.494 e. The van der Waals surface area contributed by atoms with E-state index in [0.29, 0.717) is 18.8 Å². The molecule has 5 nitrogen and oxygen atoms in total. The van der Waals surface area contributed by atoms with Gasteiger partial charge in [-0.05, 0) is 73.4 Å². The molecular weight excluding hydrogens is 420 g/mol. The maximum Gasteiger partial charge on any atom is 0.257 e. The van der Waals surface area contributed by atoms with Crippen molar-refractivity contribution in [2.45, 2.75) is 26.2 Å². The Hall–Kier alpha value is -3.38. The molecule has 166 valence electrons. The van der Waals surface area contributed by atoms with E-state index in [0.717, 1.165) is 36.4 Å². The number of ether oxygens (including phenoxy) is 2. The van der Waals surface area contributed by atoms with E-state index >= 15 is 0 Å². The van der Waals surface area contributed by atoms with E-state index in [1.807, 2.05) is 49.4 Å². The molecular formula is C26H28N2O3S. The SMILES string of the molecule is CCCOc1ccc(C(=O)NC(=S)Nc2cccc(OCCCc3ccccc3)c2)cc1. The van der Waals surface area contributed by atoms with E-state index in [1.54, 1.807) is 24.3 Å². The first-order valence-corrected chi connectivity index (χ1v) is 11.2. The maximum absolute atomic E-state index is 12.4. The smallest absolute Gasteiger partial charge is 0.257 e. The van der Waals surface area contributed by atoms with Gasteiger partial charge in [0.05, 0.1) is 13.2 Å². The Balaban J connectivity index is 1.44. The van der Waals surface area contributed by atoms with Gasteiger partial charge in [-0.2, -0.15) is 0 Å². The van der Waals surface area contributed by atoms with Gasteiger partial charge in [0, 0.05) is 17.3 Å². The van der Waals surface area contributed by atoms with Crippen LogP contribution in [0.5, 0.6) is 11.5 Å². The van der Waals surface area contributed by atoms with Crippen LogP contribution in [0.25, 0.3) is 0 Å². The van der Waals surface area contributed by atoms with Crippen molar-refractivity contribution in [2.24, 2.45) is 0 Å². The summed E-state index contributed by atoms with van der Waals surface area (Å²) in [7, 11) is 0. The second-order valence-corrected chi connectivity index (χ2v) is 7.65. The standard InChI is InChI=1S/C26H28N2O3S/c1-2-17-30-23-15-13-21(14-16-23)25(29)28-26(32)27-22-11-6-12-24(19-22)31-18-7-10-20-8-4-3-5-9-20/h3-6,8-9,11-16,19H,2,7,10,17-18H2,1H3,(H2,27,28,29,32). The summed E-state index contributed by atoms with van der Waals surface area (Å²) in [5.41, 5.74) is 2.56. The number of rotatable bonds is 10. The van der Waals surface area contributed by atoms with Gasteiger partial charge in [-0.15, -0.1) is 0 Å². The Morgan fingerprint density at radius 2 is 1.62 bits per heavy atom. The van der Waals surface area contributed by atoms with Crippen LogP contribution in [0.1, 0.15) is 35.7 Å². The number of nitrogens with one attached hydrogen (secondary N) is 2. The molecule has 3 aromatic rings. The highest BCUT2D eigenvalue weighted by Crippen LogP contribution is 2.18. The number of carbonyl (C=O) groups is 1. The first kappa shape index (κ1) is 23.3. The van der Waals surface area contributed by atoms with Gasteiger partial charge < -0.3 is 14.8 Å². The zero-order valence-corrected chi connectivity index (χ0v) is 19.0. The molecule has 0 radical (unpaired) electrons. The molecule has 0 aliphatic heterocycles. The molecule has 0 unspecified atom stereocenters. The summed E-state index contributed by atoms with van der Waals surface area (Å²) in [5.74, 6) is 1.21. The Kier molecular flexibility index (Phi) is 9.07. The summed E-state index contributed by atoms with van der Waals surface area (Å²) in [5, 5.41) is 5.95. The highest BCUT2D eigenvalue weighted by atomic mass is 32.1. The number of hydrogen-bond acceptors (Lipinski definition) is 4. The first-order chi connectivity index (χ1) is 15.6. The van der Waals surface area contributed by atoms with Gasteiger partial charge in [0.1, 0.15) is 11.5 Å². The second-order valence-electron chi connectivity index (χ2n) is 7.25. The van der Waals surface area contributed by atoms with Crippen molar-refractivity contribution in [3.8, 4) is 11.5 Å². The van der Waals surface area contributed by atoms with Crippen molar-refractivity contribution in [1.82, 2.24) is 5.32 Å². The summed E-state index contributed by atoms with van der Waals surface area (Å²) >= 11 is 5.29. The fourth-order valence-corrected chi connectivity index (χ4v) is 3.25. The topological polar surface area (TPSA) is 59.6 Å². The van der Waals surface area contributed by atoms with Gasteiger partial charge in [-0.25, -0.2) is 0 Å². The normalized spacial score (nSPS) is 10.3. The van der Waals surface area contributed by atoms with Crippen LogP contribution in [-0.2, 0) is 6.42 Å². The van der Waals surface area contributed by atoms with Gasteiger partial charge in [-0.1, -0.05) is 43.3 Å². The predicted molar refractivity (Wildman–Crippen MR) is 133 cm³/mol. The van der Waals surface area contributed by atoms with Gasteiger partial charge >= 0.3 is 0 Å². The summed E-state index contributed by atoms with van der Waals surface area (Å²) in [6, 6.07) is 24.8. The Labute approximate surface area is 194 Å². The number of carbonyl (C=O) groups excluding carboxylic acids is 1. The zero-order chi connectivity index (χ0) is 22.6. The number of benzene rings is 3. The third kappa shape index (κ3) is 7.71. The quantitative estimate of drug-likeness (QED) is 0.312. The van der Waals surface area contributed by atoms with Crippen LogP contribution in [0, 0.1) is 0 Å². The lowest BCUT2D eigenvalue weighted by atomic mass is 10.1. The van der Waals surface area contributed by atoms with Crippen LogP contribution >= 0.6 is 12.2 Å². The van der Waals surface area contributed by atoms with E-state index < -0.39 is 0 Å². The number of amides is 1. The minimum absolute atomic E-state index is 0.225. The number of aryl methyl sites for hydroxylation is 1. The van der Waals surface area contributed by atoms with E-state index in [4.69, 9.17) is 21.7 Å². The van der Waals surface area contributed by atoms with E-state index in [1.165, 1.54) is 5.56 Å². The van der Waals surface area contributed by atoms with Crippen LogP contribution in [-0.4, -0.2) is 24.2 Å². The van der Waals surface area contributed by atoms with Crippen molar-refractivity contribution < 1.29 is 14.3 Å². The van der Waals surface area contributed by atoms with Crippen molar-refractivity contribution >= 4 is 28.9 Å². The molecule has 0 bridgehead atoms. The fourth-order valence-electron chi connectivity index (χ4n) is 3.03. The fraction of sp³-hybridized carbons (Fsp3) is 0.231. The minimum Gasteiger partial charge on any atom is -0.494 e. The van der Waals surface area contributed by atoms with Gasteiger partial charge in [-0.3, -0.25) is 10.1 Å². The minimum atomic E-state index is -0.280. The van der Waals surface area contributed by atoms with E-state index in [2.05, 4.69) is 22.8 Å². The highest BCUT2D eigenvalue weighted by Gasteiger charge is 2.09. The van der Waals surface area contributed by atoms with Crippen molar-refractivity contribution in [3.05, 3.63) is 90.0 Å². The molecule has 0 heterocycles. The molecule has 32 heavy (non-hydrogen) atoms. The summed E-state index contributed by atoms with van der Waals surface area (Å²) in [6.07, 6.45) is 2.83. The molecule has 0 fully saturated rings. The third-order valence-corrected chi connectivity index (χ3v) is 4.83. The van der Waals surface area contributed by atoms with Gasteiger partial charge in [0.25, 0.3) is 5.91 Å². The number of hydrogen-bond donors (Lipinski definition) is 2. The Bertz CT molecular complexity index is 1010. The van der Waals surface area contributed by atoms with E-state index in [-0.39, 0.29) is 11.0 Å². The van der Waals surface area contributed by atoms with Gasteiger partial charge in [0.2, 0.25) is 0 Å². The summed E-state index contributed by atoms with van der Waals surface area (Å²) in [6.45, 7) is 3.32. The maximum atomic E-state index is 12.4. The molecule has 0 spiro atoms. The third-order valence-electron chi connectivity index (χ3n) is 4.63. The van der Waals surface area contributed by atoms with Crippen LogP contribution in [0.15, 0.2) is 78.9 Å². The molecule has 0 aromatic heterocycles. The average molecular weight is 449 g/mol. The molecule has 6 heteroatoms. The molecule has 3 aromatic carbocycles. The van der Waals surface area contributed by atoms with Crippen molar-refractivity contribution in [2.75, 3.05) is 18.5 Å². The second kappa shape index (κ2) is 12.5. The lowest BCUT2D eigenvalue weighted by Crippen LogP contribution is -2.34. The van der Waals surface area contributed by atoms with Crippen LogP contribution in [0.4, 0.5) is 5.69 Å². The highest BCUT2D eigenvalue weighted by molar-refractivity contribution is 7.80. The van der Waals surface area contributed by atoms with Crippen LogP contribution < -0.4 is 20.1 Å². The summed E-state index contributed by atoms with van der Waals surface area (Å²) < 4.78 is 11.4. The molecule has 0 atom stereocenters. The molecule has 3 rings (SSSR count). The molecule has 0 saturated heterocycles. The zero-order valence-electron chi connectivity index (χ0n) is 18.2. The lowest BCUT2D eigenvalue weighted by Gasteiger charge is -2.12. The Morgan fingerprint density at radius 1 is 0.875 bits per heavy atom. The molecule has 1 amide bonds. The van der Waals surface area contributed by atoms with Crippen molar-refractivity contribution in [1.29, 1.82) is 0 Å². The molecule has 0 saturated carbocycles. The van der Waals surface area contributed by atoms with Crippen molar-refractivity contribution in [3.63, 3.8) is 0 Å². The molecule has 0 aliphatic carbocycles. The van der Waals surface area contributed by atoms with Crippen LogP contribution in [0.2, 0.25) is 0 Å². The summed E-state index contributed by atoms with van der Waals surface area (Å²) in [4.78, 5) is 12.4. The average Bonchev–Trinajstić information content (AvgIpc) is 2.81. The molecule has 2 N–H and O–H groups in total. The van der Waals surface area contributed by atoms with E-state index in [9.17, 15) is 4.79 Å². The molecule has 0 aliphatic rings. The van der Waals surface area contributed by atoms with Crippen LogP contribution in [0.3, 0.4) is 0 Å².